The van der Waals surface area contributed by atoms with Gasteiger partial charge in [0, 0.05) is 29.6 Å². The van der Waals surface area contributed by atoms with Crippen LogP contribution < -0.4 is 10.1 Å². The summed E-state index contributed by atoms with van der Waals surface area (Å²) in [6.45, 7) is 2.21. The van der Waals surface area contributed by atoms with Gasteiger partial charge < -0.3 is 19.7 Å². The molecule has 1 aliphatic carbocycles. The van der Waals surface area contributed by atoms with Gasteiger partial charge in [0.2, 0.25) is 5.91 Å². The Balaban J connectivity index is 1.33. The number of carbonyl (C=O) groups excluding carboxylic acids is 1. The number of allylic oxidation sites excluding steroid dienone is 1. The van der Waals surface area contributed by atoms with Gasteiger partial charge in [-0.1, -0.05) is 67.8 Å². The molecule has 1 atom stereocenters. The summed E-state index contributed by atoms with van der Waals surface area (Å²) in [7, 11) is 0. The molecule has 1 heterocycles. The highest BCUT2D eigenvalue weighted by Crippen LogP contribution is 2.39. The molecule has 4 aromatic rings. The van der Waals surface area contributed by atoms with E-state index in [1.807, 2.05) is 19.1 Å². The van der Waals surface area contributed by atoms with E-state index in [1.165, 1.54) is 43.2 Å². The second-order valence-corrected chi connectivity index (χ2v) is 10.9. The van der Waals surface area contributed by atoms with Crippen LogP contribution >= 0.6 is 0 Å². The van der Waals surface area contributed by atoms with Gasteiger partial charge in [0.25, 0.3) is 0 Å². The SMILES string of the molecule is CC(=CC(=O)Nc1ccccc1OCCCC(=O)O)c1ccc2c(ccn2C(c2ccccc2)C2CCCCC2)c1. The number of hydrogen-bond donors (Lipinski definition) is 2. The van der Waals surface area contributed by atoms with E-state index in [0.717, 1.165) is 16.5 Å². The molecule has 0 aliphatic heterocycles. The molecule has 1 aromatic heterocycles. The molecule has 0 radical (unpaired) electrons. The van der Waals surface area contributed by atoms with E-state index >= 15 is 0 Å². The average Bonchev–Trinajstić information content (AvgIpc) is 3.40. The Bertz CT molecular complexity index is 1520. The van der Waals surface area contributed by atoms with Crippen molar-refractivity contribution < 1.29 is 19.4 Å². The van der Waals surface area contributed by atoms with Crippen LogP contribution in [0.25, 0.3) is 16.5 Å². The molecule has 1 amide bonds. The van der Waals surface area contributed by atoms with Crippen molar-refractivity contribution in [2.45, 2.75) is 57.9 Å². The van der Waals surface area contributed by atoms with Crippen LogP contribution in [0.5, 0.6) is 5.75 Å². The normalized spacial score (nSPS) is 15.0. The number of aliphatic carboxylic acids is 1. The number of nitrogens with one attached hydrogen (secondary N) is 1. The number of carbonyl (C=O) groups is 2. The lowest BCUT2D eigenvalue weighted by Gasteiger charge is -2.32. The van der Waals surface area contributed by atoms with Gasteiger partial charge in [0.1, 0.15) is 5.75 Å². The number of amides is 1. The quantitative estimate of drug-likeness (QED) is 0.146. The van der Waals surface area contributed by atoms with Crippen LogP contribution in [0.2, 0.25) is 0 Å². The maximum Gasteiger partial charge on any atom is 0.303 e. The monoisotopic (exact) mass is 550 g/mol. The Morgan fingerprint density at radius 2 is 1.76 bits per heavy atom. The second kappa shape index (κ2) is 13.4. The minimum atomic E-state index is -0.856. The molecule has 3 aromatic carbocycles. The maximum atomic E-state index is 12.9. The molecule has 1 unspecified atom stereocenters. The van der Waals surface area contributed by atoms with Crippen molar-refractivity contribution in [2.75, 3.05) is 11.9 Å². The molecular formula is C35H38N2O4. The lowest BCUT2D eigenvalue weighted by Crippen LogP contribution is -2.22. The zero-order valence-electron chi connectivity index (χ0n) is 23.6. The Morgan fingerprint density at radius 3 is 2.54 bits per heavy atom. The summed E-state index contributed by atoms with van der Waals surface area (Å²) in [5.74, 6) is 0.0377. The third-order valence-corrected chi connectivity index (χ3v) is 8.00. The summed E-state index contributed by atoms with van der Waals surface area (Å²) in [5, 5.41) is 12.9. The van der Waals surface area contributed by atoms with E-state index in [4.69, 9.17) is 9.84 Å². The van der Waals surface area contributed by atoms with Crippen LogP contribution in [-0.2, 0) is 9.59 Å². The van der Waals surface area contributed by atoms with Gasteiger partial charge >= 0.3 is 5.97 Å². The molecule has 6 heteroatoms. The number of fused-ring (bicyclic) bond motifs is 1. The number of nitrogens with zero attached hydrogens (tertiary/aromatic N) is 1. The fraction of sp³-hybridized carbons (Fsp3) is 0.314. The minimum absolute atomic E-state index is 0.0394. The number of rotatable bonds is 11. The van der Waals surface area contributed by atoms with E-state index in [1.54, 1.807) is 18.2 Å². The summed E-state index contributed by atoms with van der Waals surface area (Å²) in [4.78, 5) is 23.7. The van der Waals surface area contributed by atoms with Gasteiger partial charge in [-0.05, 0) is 79.1 Å². The van der Waals surface area contributed by atoms with Crippen LogP contribution in [0.15, 0.2) is 91.1 Å². The second-order valence-electron chi connectivity index (χ2n) is 10.9. The van der Waals surface area contributed by atoms with Gasteiger partial charge in [-0.3, -0.25) is 9.59 Å². The first-order valence-corrected chi connectivity index (χ1v) is 14.6. The molecule has 212 valence electrons. The van der Waals surface area contributed by atoms with Crippen molar-refractivity contribution in [3.8, 4) is 5.75 Å². The number of aromatic nitrogens is 1. The van der Waals surface area contributed by atoms with Gasteiger partial charge in [0.05, 0.1) is 18.3 Å². The van der Waals surface area contributed by atoms with Gasteiger partial charge in [-0.2, -0.15) is 0 Å². The molecule has 0 bridgehead atoms. The van der Waals surface area contributed by atoms with Crippen molar-refractivity contribution in [1.82, 2.24) is 4.57 Å². The predicted molar refractivity (Wildman–Crippen MR) is 164 cm³/mol. The number of carboxylic acid groups (broad SMARTS) is 1. The third kappa shape index (κ3) is 7.07. The van der Waals surface area contributed by atoms with E-state index in [9.17, 15) is 9.59 Å². The number of para-hydroxylation sites is 2. The van der Waals surface area contributed by atoms with Crippen molar-refractivity contribution in [2.24, 2.45) is 5.92 Å². The molecule has 2 N–H and O–H groups in total. The number of carboxylic acids is 1. The van der Waals surface area contributed by atoms with E-state index in [-0.39, 0.29) is 18.9 Å². The maximum absolute atomic E-state index is 12.9. The summed E-state index contributed by atoms with van der Waals surface area (Å²) in [5.41, 5.74) is 4.99. The van der Waals surface area contributed by atoms with Crippen molar-refractivity contribution in [1.29, 1.82) is 0 Å². The highest BCUT2D eigenvalue weighted by atomic mass is 16.5. The zero-order chi connectivity index (χ0) is 28.6. The van der Waals surface area contributed by atoms with Crippen molar-refractivity contribution >= 4 is 34.0 Å². The highest BCUT2D eigenvalue weighted by molar-refractivity contribution is 6.04. The predicted octanol–water partition coefficient (Wildman–Crippen LogP) is 8.10. The van der Waals surface area contributed by atoms with Gasteiger partial charge in [-0.25, -0.2) is 0 Å². The number of anilines is 1. The minimum Gasteiger partial charge on any atom is -0.491 e. The van der Waals surface area contributed by atoms with Gasteiger partial charge in [-0.15, -0.1) is 0 Å². The fourth-order valence-electron chi connectivity index (χ4n) is 5.96. The lowest BCUT2D eigenvalue weighted by molar-refractivity contribution is -0.137. The standard InChI is InChI=1S/C35H38N2O4/c1-25(23-33(38)36-30-15-8-9-16-32(30)41-22-10-17-34(39)40)28-18-19-31-29(24-28)20-21-37(31)35(26-11-4-2-5-12-26)27-13-6-3-7-14-27/h2,4-5,8-9,11-12,15-16,18-21,23-24,27,35H,3,6-7,10,13-14,17,22H2,1H3,(H,36,38)(H,39,40). The largest absolute Gasteiger partial charge is 0.491 e. The molecule has 1 aliphatic rings. The Labute approximate surface area is 241 Å². The first-order chi connectivity index (χ1) is 20.0. The third-order valence-electron chi connectivity index (χ3n) is 8.00. The van der Waals surface area contributed by atoms with Crippen LogP contribution in [-0.4, -0.2) is 28.2 Å². The number of ether oxygens (including phenoxy) is 1. The summed E-state index contributed by atoms with van der Waals surface area (Å²) >= 11 is 0. The Kier molecular flexibility index (Phi) is 9.19. The first-order valence-electron chi connectivity index (χ1n) is 14.6. The molecule has 1 fully saturated rings. The van der Waals surface area contributed by atoms with E-state index < -0.39 is 5.97 Å². The van der Waals surface area contributed by atoms with Crippen LogP contribution in [0.3, 0.4) is 0 Å². The van der Waals surface area contributed by atoms with Crippen LogP contribution in [0, 0.1) is 5.92 Å². The molecule has 5 rings (SSSR count). The molecule has 1 saturated carbocycles. The topological polar surface area (TPSA) is 80.6 Å². The summed E-state index contributed by atoms with van der Waals surface area (Å²) < 4.78 is 8.17. The first kappa shape index (κ1) is 28.2. The van der Waals surface area contributed by atoms with Crippen molar-refractivity contribution in [3.05, 3.63) is 102 Å². The van der Waals surface area contributed by atoms with Crippen LogP contribution in [0.1, 0.15) is 69.0 Å². The molecule has 0 spiro atoms. The van der Waals surface area contributed by atoms with E-state index in [2.05, 4.69) is 70.7 Å². The highest BCUT2D eigenvalue weighted by Gasteiger charge is 2.27. The average molecular weight is 551 g/mol. The molecule has 41 heavy (non-hydrogen) atoms. The van der Waals surface area contributed by atoms with Gasteiger partial charge in [0.15, 0.2) is 0 Å². The lowest BCUT2D eigenvalue weighted by atomic mass is 9.81. The fourth-order valence-corrected chi connectivity index (χ4v) is 5.96. The molecule has 6 nitrogen and oxygen atoms in total. The number of benzene rings is 3. The summed E-state index contributed by atoms with van der Waals surface area (Å²) in [6.07, 6.45) is 10.7. The molecule has 0 saturated heterocycles. The smallest absolute Gasteiger partial charge is 0.303 e. The number of hydrogen-bond acceptors (Lipinski definition) is 3. The zero-order valence-corrected chi connectivity index (χ0v) is 23.6. The van der Waals surface area contributed by atoms with E-state index in [0.29, 0.717) is 29.8 Å². The molecular weight excluding hydrogens is 512 g/mol. The van der Waals surface area contributed by atoms with Crippen molar-refractivity contribution in [3.63, 3.8) is 0 Å². The Morgan fingerprint density at radius 1 is 1.00 bits per heavy atom. The summed E-state index contributed by atoms with van der Waals surface area (Å²) in [6, 6.07) is 27.0. The van der Waals surface area contributed by atoms with Crippen LogP contribution in [0.4, 0.5) is 5.69 Å². The Hall–Kier alpha value is -4.32.